The van der Waals surface area contributed by atoms with Crippen molar-refractivity contribution < 1.29 is 0 Å². The molecule has 0 radical (unpaired) electrons. The van der Waals surface area contributed by atoms with E-state index in [1.807, 2.05) is 0 Å². The van der Waals surface area contributed by atoms with Gasteiger partial charge in [0.25, 0.3) is 0 Å². The van der Waals surface area contributed by atoms with Crippen molar-refractivity contribution >= 4 is 0 Å². The molecule has 0 N–H and O–H groups in total. The van der Waals surface area contributed by atoms with Crippen LogP contribution in [0.15, 0.2) is 0 Å². The van der Waals surface area contributed by atoms with E-state index in [1.54, 1.807) is 0 Å². The number of hydrogen-bond acceptors (Lipinski definition) is 1. The number of rotatable bonds is 2. The maximum Gasteiger partial charge on any atom is 0.0686 e. The summed E-state index contributed by atoms with van der Waals surface area (Å²) in [6.45, 7) is 9.09. The normalized spacial score (nSPS) is 40.2. The monoisotopic (exact) mass is 193 g/mol. The molecular weight excluding hydrogens is 170 g/mol. The van der Waals surface area contributed by atoms with E-state index in [0.29, 0.717) is 0 Å². The maximum atomic E-state index is 9.16. The van der Waals surface area contributed by atoms with E-state index in [-0.39, 0.29) is 5.41 Å². The van der Waals surface area contributed by atoms with Gasteiger partial charge in [-0.3, -0.25) is 0 Å². The topological polar surface area (TPSA) is 23.8 Å². The van der Waals surface area contributed by atoms with Crippen LogP contribution in [0.25, 0.3) is 0 Å². The molecule has 0 aromatic carbocycles. The molecule has 80 valence electrons. The Morgan fingerprint density at radius 1 is 1.57 bits per heavy atom. The molecule has 1 heteroatoms. The van der Waals surface area contributed by atoms with E-state index in [0.717, 1.165) is 30.6 Å². The lowest BCUT2D eigenvalue weighted by Crippen LogP contribution is -2.33. The Labute approximate surface area is 88.5 Å². The molecule has 0 amide bonds. The van der Waals surface area contributed by atoms with E-state index >= 15 is 0 Å². The zero-order chi connectivity index (χ0) is 10.8. The van der Waals surface area contributed by atoms with Gasteiger partial charge in [0.05, 0.1) is 11.5 Å². The van der Waals surface area contributed by atoms with Crippen LogP contribution in [-0.4, -0.2) is 0 Å². The third kappa shape index (κ3) is 2.29. The van der Waals surface area contributed by atoms with Crippen LogP contribution in [0.4, 0.5) is 0 Å². The third-order valence-electron chi connectivity index (χ3n) is 4.21. The SMILES string of the molecule is CC[C@@H](C)[C@@H]1C[C@](C)(C#N)CC[C@H]1C. The van der Waals surface area contributed by atoms with Gasteiger partial charge in [-0.15, -0.1) is 0 Å². The molecule has 0 bridgehead atoms. The minimum atomic E-state index is -0.0411. The summed E-state index contributed by atoms with van der Waals surface area (Å²) in [5.74, 6) is 2.35. The molecule has 1 aliphatic carbocycles. The minimum absolute atomic E-state index is 0.0411. The summed E-state index contributed by atoms with van der Waals surface area (Å²) in [7, 11) is 0. The van der Waals surface area contributed by atoms with Crippen LogP contribution in [0.3, 0.4) is 0 Å². The molecule has 1 saturated carbocycles. The van der Waals surface area contributed by atoms with E-state index in [4.69, 9.17) is 5.26 Å². The largest absolute Gasteiger partial charge is 0.198 e. The van der Waals surface area contributed by atoms with Gasteiger partial charge in [-0.2, -0.15) is 5.26 Å². The first-order valence-electron chi connectivity index (χ1n) is 5.93. The smallest absolute Gasteiger partial charge is 0.0686 e. The number of hydrogen-bond donors (Lipinski definition) is 0. The molecule has 4 atom stereocenters. The highest BCUT2D eigenvalue weighted by atomic mass is 14.4. The van der Waals surface area contributed by atoms with Crippen molar-refractivity contribution in [1.82, 2.24) is 0 Å². The van der Waals surface area contributed by atoms with Crippen LogP contribution in [0.2, 0.25) is 0 Å². The Morgan fingerprint density at radius 2 is 2.21 bits per heavy atom. The lowest BCUT2D eigenvalue weighted by atomic mass is 9.63. The molecule has 0 heterocycles. The Bertz CT molecular complexity index is 224. The van der Waals surface area contributed by atoms with Crippen LogP contribution in [-0.2, 0) is 0 Å². The lowest BCUT2D eigenvalue weighted by molar-refractivity contribution is 0.110. The van der Waals surface area contributed by atoms with Crippen LogP contribution < -0.4 is 0 Å². The highest BCUT2D eigenvalue weighted by Crippen LogP contribution is 2.45. The Kier molecular flexibility index (Phi) is 3.59. The summed E-state index contributed by atoms with van der Waals surface area (Å²) in [4.78, 5) is 0. The van der Waals surface area contributed by atoms with Crippen molar-refractivity contribution in [1.29, 1.82) is 5.26 Å². The van der Waals surface area contributed by atoms with Crippen LogP contribution in [0.5, 0.6) is 0 Å². The molecule has 0 aromatic rings. The molecule has 0 aromatic heterocycles. The second kappa shape index (κ2) is 4.34. The van der Waals surface area contributed by atoms with Crippen LogP contribution in [0.1, 0.15) is 53.4 Å². The second-order valence-corrected chi connectivity index (χ2v) is 5.44. The van der Waals surface area contributed by atoms with Crippen molar-refractivity contribution in [3.63, 3.8) is 0 Å². The van der Waals surface area contributed by atoms with Gasteiger partial charge in [0, 0.05) is 0 Å². The van der Waals surface area contributed by atoms with Crippen molar-refractivity contribution in [2.24, 2.45) is 23.2 Å². The first-order chi connectivity index (χ1) is 6.52. The lowest BCUT2D eigenvalue weighted by Gasteiger charge is -2.40. The van der Waals surface area contributed by atoms with Gasteiger partial charge in [0.15, 0.2) is 0 Å². The molecule has 0 saturated heterocycles. The van der Waals surface area contributed by atoms with Crippen molar-refractivity contribution in [3.05, 3.63) is 0 Å². The fraction of sp³-hybridized carbons (Fsp3) is 0.923. The molecule has 14 heavy (non-hydrogen) atoms. The zero-order valence-electron chi connectivity index (χ0n) is 10.0. The number of nitrogens with zero attached hydrogens (tertiary/aromatic N) is 1. The van der Waals surface area contributed by atoms with Crippen molar-refractivity contribution in [2.45, 2.75) is 53.4 Å². The van der Waals surface area contributed by atoms with Crippen LogP contribution >= 0.6 is 0 Å². The molecule has 1 rings (SSSR count). The molecule has 1 aliphatic rings. The van der Waals surface area contributed by atoms with Gasteiger partial charge >= 0.3 is 0 Å². The third-order valence-corrected chi connectivity index (χ3v) is 4.21. The predicted octanol–water partition coefficient (Wildman–Crippen LogP) is 4.00. The standard InChI is InChI=1S/C13H23N/c1-5-10(2)12-8-13(4,9-14)7-6-11(12)3/h10-12H,5-8H2,1-4H3/t10-,11-,12+,13-/m1/s1. The van der Waals surface area contributed by atoms with Gasteiger partial charge in [-0.1, -0.05) is 27.2 Å². The van der Waals surface area contributed by atoms with Gasteiger partial charge in [-0.25, -0.2) is 0 Å². The summed E-state index contributed by atoms with van der Waals surface area (Å²) in [6.07, 6.45) is 4.69. The second-order valence-electron chi connectivity index (χ2n) is 5.44. The van der Waals surface area contributed by atoms with E-state index in [9.17, 15) is 0 Å². The summed E-state index contributed by atoms with van der Waals surface area (Å²) < 4.78 is 0. The van der Waals surface area contributed by atoms with Gasteiger partial charge in [0.1, 0.15) is 0 Å². The Morgan fingerprint density at radius 3 is 2.71 bits per heavy atom. The highest BCUT2D eigenvalue weighted by Gasteiger charge is 2.37. The molecule has 1 fully saturated rings. The summed E-state index contributed by atoms with van der Waals surface area (Å²) >= 11 is 0. The average molecular weight is 193 g/mol. The molecule has 0 spiro atoms. The van der Waals surface area contributed by atoms with E-state index in [1.165, 1.54) is 12.8 Å². The quantitative estimate of drug-likeness (QED) is 0.650. The molecule has 0 unspecified atom stereocenters. The summed E-state index contributed by atoms with van der Waals surface area (Å²) in [6, 6.07) is 2.51. The minimum Gasteiger partial charge on any atom is -0.198 e. The van der Waals surface area contributed by atoms with Crippen molar-refractivity contribution in [2.75, 3.05) is 0 Å². The van der Waals surface area contributed by atoms with Crippen molar-refractivity contribution in [3.8, 4) is 6.07 Å². The van der Waals surface area contributed by atoms with E-state index in [2.05, 4.69) is 33.8 Å². The van der Waals surface area contributed by atoms with Gasteiger partial charge in [-0.05, 0) is 43.9 Å². The van der Waals surface area contributed by atoms with Crippen LogP contribution in [0, 0.1) is 34.5 Å². The highest BCUT2D eigenvalue weighted by molar-refractivity contribution is 5.00. The first kappa shape index (κ1) is 11.6. The number of nitriles is 1. The van der Waals surface area contributed by atoms with Gasteiger partial charge < -0.3 is 0 Å². The fourth-order valence-electron chi connectivity index (χ4n) is 2.75. The Hall–Kier alpha value is -0.510. The molecule has 1 nitrogen and oxygen atoms in total. The summed E-state index contributed by atoms with van der Waals surface area (Å²) in [5.41, 5.74) is -0.0411. The fourth-order valence-corrected chi connectivity index (χ4v) is 2.75. The zero-order valence-corrected chi connectivity index (χ0v) is 10.0. The average Bonchev–Trinajstić information content (AvgIpc) is 2.21. The maximum absolute atomic E-state index is 9.16. The Balaban J connectivity index is 2.70. The molecule has 0 aliphatic heterocycles. The predicted molar refractivity (Wildman–Crippen MR) is 59.7 cm³/mol. The molecular formula is C13H23N. The van der Waals surface area contributed by atoms with Gasteiger partial charge in [0.2, 0.25) is 0 Å². The summed E-state index contributed by atoms with van der Waals surface area (Å²) in [5, 5.41) is 9.16. The first-order valence-corrected chi connectivity index (χ1v) is 5.93. The van der Waals surface area contributed by atoms with E-state index < -0.39 is 0 Å².